The SMILES string of the molecule is Nc1ccc(-c2nc3ccccc3s2)cc1SO. The average Bonchev–Trinajstić information content (AvgIpc) is 2.83. The van der Waals surface area contributed by atoms with Crippen LogP contribution in [0.5, 0.6) is 0 Å². The van der Waals surface area contributed by atoms with Crippen LogP contribution in [0.15, 0.2) is 47.4 Å². The predicted molar refractivity (Wildman–Crippen MR) is 78.0 cm³/mol. The van der Waals surface area contributed by atoms with E-state index in [0.717, 1.165) is 20.8 Å². The van der Waals surface area contributed by atoms with Crippen molar-refractivity contribution in [3.63, 3.8) is 0 Å². The summed E-state index contributed by atoms with van der Waals surface area (Å²) < 4.78 is 10.3. The number of nitrogens with two attached hydrogens (primary N) is 1. The van der Waals surface area contributed by atoms with E-state index >= 15 is 0 Å². The Labute approximate surface area is 112 Å². The zero-order valence-electron chi connectivity index (χ0n) is 9.33. The topological polar surface area (TPSA) is 59.1 Å². The van der Waals surface area contributed by atoms with E-state index in [1.54, 1.807) is 17.4 Å². The fraction of sp³-hybridized carbons (Fsp3) is 0. The zero-order valence-corrected chi connectivity index (χ0v) is 11.0. The lowest BCUT2D eigenvalue weighted by Crippen LogP contribution is -1.88. The molecule has 2 aromatic carbocycles. The molecule has 0 amide bonds. The minimum atomic E-state index is 0.576. The van der Waals surface area contributed by atoms with E-state index in [-0.39, 0.29) is 0 Å². The number of hydrogen-bond donors (Lipinski definition) is 2. The van der Waals surface area contributed by atoms with Gasteiger partial charge in [-0.3, -0.25) is 0 Å². The summed E-state index contributed by atoms with van der Waals surface area (Å²) in [5.74, 6) is 0. The fourth-order valence-corrected chi connectivity index (χ4v) is 3.06. The lowest BCUT2D eigenvalue weighted by molar-refractivity contribution is 0.664. The molecular weight excluding hydrogens is 264 g/mol. The molecule has 3 N–H and O–H groups in total. The van der Waals surface area contributed by atoms with Crippen LogP contribution >= 0.6 is 23.4 Å². The average molecular weight is 274 g/mol. The van der Waals surface area contributed by atoms with E-state index in [1.165, 1.54) is 0 Å². The van der Waals surface area contributed by atoms with Crippen LogP contribution in [0.4, 0.5) is 5.69 Å². The molecule has 18 heavy (non-hydrogen) atoms. The molecule has 3 nitrogen and oxygen atoms in total. The van der Waals surface area contributed by atoms with Gasteiger partial charge in [0.1, 0.15) is 5.01 Å². The quantitative estimate of drug-likeness (QED) is 0.545. The Hall–Kier alpha value is -1.56. The summed E-state index contributed by atoms with van der Waals surface area (Å²) in [7, 11) is 0. The van der Waals surface area contributed by atoms with Gasteiger partial charge in [0.25, 0.3) is 0 Å². The predicted octanol–water partition coefficient (Wildman–Crippen LogP) is 4.11. The molecule has 0 saturated carbocycles. The van der Waals surface area contributed by atoms with Crippen molar-refractivity contribution < 1.29 is 4.55 Å². The molecule has 0 radical (unpaired) electrons. The summed E-state index contributed by atoms with van der Waals surface area (Å²) in [6, 6.07) is 13.6. The third-order valence-corrected chi connectivity index (χ3v) is 4.29. The molecule has 1 aromatic heterocycles. The Morgan fingerprint density at radius 2 is 2.00 bits per heavy atom. The van der Waals surface area contributed by atoms with Gasteiger partial charge < -0.3 is 10.3 Å². The highest BCUT2D eigenvalue weighted by atomic mass is 32.2. The van der Waals surface area contributed by atoms with E-state index < -0.39 is 0 Å². The molecule has 3 aromatic rings. The van der Waals surface area contributed by atoms with E-state index in [4.69, 9.17) is 10.3 Å². The monoisotopic (exact) mass is 274 g/mol. The van der Waals surface area contributed by atoms with Crippen molar-refractivity contribution in [2.75, 3.05) is 5.73 Å². The van der Waals surface area contributed by atoms with Gasteiger partial charge in [0.15, 0.2) is 0 Å². The number of aromatic nitrogens is 1. The third kappa shape index (κ3) is 1.96. The smallest absolute Gasteiger partial charge is 0.124 e. The van der Waals surface area contributed by atoms with Crippen LogP contribution in [0.3, 0.4) is 0 Å². The second-order valence-corrected chi connectivity index (χ2v) is 5.48. The van der Waals surface area contributed by atoms with Crippen LogP contribution in [-0.4, -0.2) is 9.54 Å². The summed E-state index contributed by atoms with van der Waals surface area (Å²) in [6.45, 7) is 0. The van der Waals surface area contributed by atoms with E-state index in [0.29, 0.717) is 22.6 Å². The number of thiazole rings is 1. The van der Waals surface area contributed by atoms with Gasteiger partial charge in [-0.2, -0.15) is 0 Å². The fourth-order valence-electron chi connectivity index (χ4n) is 1.74. The van der Waals surface area contributed by atoms with Crippen molar-refractivity contribution in [2.45, 2.75) is 4.90 Å². The lowest BCUT2D eigenvalue weighted by atomic mass is 10.2. The number of nitrogens with zero attached hydrogens (tertiary/aromatic N) is 1. The van der Waals surface area contributed by atoms with Crippen LogP contribution in [-0.2, 0) is 0 Å². The summed E-state index contributed by atoms with van der Waals surface area (Å²) in [5, 5.41) is 0.937. The number of rotatable bonds is 2. The molecule has 0 aliphatic carbocycles. The maximum Gasteiger partial charge on any atom is 0.124 e. The van der Waals surface area contributed by atoms with Gasteiger partial charge in [-0.05, 0) is 30.3 Å². The zero-order chi connectivity index (χ0) is 12.5. The first kappa shape index (κ1) is 11.5. The van der Waals surface area contributed by atoms with Crippen molar-refractivity contribution in [2.24, 2.45) is 0 Å². The summed E-state index contributed by atoms with van der Waals surface area (Å²) >= 11 is 2.30. The van der Waals surface area contributed by atoms with Crippen molar-refractivity contribution in [1.29, 1.82) is 0 Å². The number of fused-ring (bicyclic) bond motifs is 1. The number of anilines is 1. The van der Waals surface area contributed by atoms with Crippen LogP contribution in [0.2, 0.25) is 0 Å². The Morgan fingerprint density at radius 3 is 2.78 bits per heavy atom. The molecule has 0 unspecified atom stereocenters. The minimum Gasteiger partial charge on any atom is -0.398 e. The molecule has 3 rings (SSSR count). The van der Waals surface area contributed by atoms with E-state index in [1.807, 2.05) is 30.3 Å². The highest BCUT2D eigenvalue weighted by Crippen LogP contribution is 2.33. The molecule has 0 fully saturated rings. The first-order valence-corrected chi connectivity index (χ1v) is 6.94. The van der Waals surface area contributed by atoms with E-state index in [9.17, 15) is 0 Å². The molecule has 0 bridgehead atoms. The number of hydrogen-bond acceptors (Lipinski definition) is 5. The van der Waals surface area contributed by atoms with Gasteiger partial charge in [-0.25, -0.2) is 4.98 Å². The normalized spacial score (nSPS) is 10.9. The van der Waals surface area contributed by atoms with Gasteiger partial charge in [0, 0.05) is 23.3 Å². The maximum absolute atomic E-state index is 9.15. The first-order chi connectivity index (χ1) is 8.78. The Morgan fingerprint density at radius 1 is 1.17 bits per heavy atom. The highest BCUT2D eigenvalue weighted by Gasteiger charge is 2.08. The summed E-state index contributed by atoms with van der Waals surface area (Å²) in [5.41, 5.74) is 8.30. The largest absolute Gasteiger partial charge is 0.398 e. The standard InChI is InChI=1S/C13H10N2OS2/c14-9-6-5-8(7-12(9)18-16)13-15-10-3-1-2-4-11(10)17-13/h1-7,16H,14H2. The van der Waals surface area contributed by atoms with Crippen LogP contribution in [0.25, 0.3) is 20.8 Å². The van der Waals surface area contributed by atoms with Gasteiger partial charge in [-0.15, -0.1) is 11.3 Å². The molecule has 5 heteroatoms. The Kier molecular flexibility index (Phi) is 2.95. The number of para-hydroxylation sites is 1. The van der Waals surface area contributed by atoms with Crippen molar-refractivity contribution in [3.05, 3.63) is 42.5 Å². The lowest BCUT2D eigenvalue weighted by Gasteiger charge is -2.02. The third-order valence-electron chi connectivity index (χ3n) is 2.65. The van der Waals surface area contributed by atoms with Crippen molar-refractivity contribution >= 4 is 39.3 Å². The minimum absolute atomic E-state index is 0.576. The molecular formula is C13H10N2OS2. The van der Waals surface area contributed by atoms with E-state index in [2.05, 4.69) is 11.1 Å². The Bertz CT molecular complexity index is 676. The van der Waals surface area contributed by atoms with Gasteiger partial charge >= 0.3 is 0 Å². The molecule has 90 valence electrons. The van der Waals surface area contributed by atoms with Crippen LogP contribution in [0.1, 0.15) is 0 Å². The molecule has 0 spiro atoms. The maximum atomic E-state index is 9.15. The molecule has 0 aliphatic heterocycles. The summed E-state index contributed by atoms with van der Waals surface area (Å²) in [4.78, 5) is 5.23. The highest BCUT2D eigenvalue weighted by molar-refractivity contribution is 7.94. The molecule has 0 saturated heterocycles. The summed E-state index contributed by atoms with van der Waals surface area (Å²) in [6.07, 6.45) is 0. The van der Waals surface area contributed by atoms with Crippen molar-refractivity contribution in [3.8, 4) is 10.6 Å². The van der Waals surface area contributed by atoms with Crippen molar-refractivity contribution in [1.82, 2.24) is 4.98 Å². The van der Waals surface area contributed by atoms with Gasteiger partial charge in [0.05, 0.1) is 15.1 Å². The molecule has 1 heterocycles. The van der Waals surface area contributed by atoms with Gasteiger partial charge in [-0.1, -0.05) is 12.1 Å². The molecule has 0 aliphatic rings. The van der Waals surface area contributed by atoms with Crippen LogP contribution < -0.4 is 5.73 Å². The van der Waals surface area contributed by atoms with Crippen LogP contribution in [0, 0.1) is 0 Å². The van der Waals surface area contributed by atoms with Gasteiger partial charge in [0.2, 0.25) is 0 Å². The second kappa shape index (κ2) is 4.61. The first-order valence-electron chi connectivity index (χ1n) is 5.35. The number of benzene rings is 2. The number of nitrogen functional groups attached to an aromatic ring is 1. The molecule has 0 atom stereocenters. The Balaban J connectivity index is 2.13. The second-order valence-electron chi connectivity index (χ2n) is 3.83.